The Labute approximate surface area is 117 Å². The maximum Gasteiger partial charge on any atom is 0.166 e. The Morgan fingerprint density at radius 2 is 1.84 bits per heavy atom. The molecular weight excluding hydrogens is 318 g/mol. The van der Waals surface area contributed by atoms with Crippen molar-refractivity contribution in [1.82, 2.24) is 0 Å². The number of halogens is 3. The van der Waals surface area contributed by atoms with Crippen molar-refractivity contribution in [2.75, 3.05) is 0 Å². The SMILES string of the molecule is C[C@@H](O)c1ccc(Oc2cc(F)ccc2F)c(Br)c1. The van der Waals surface area contributed by atoms with Crippen LogP contribution in [0.2, 0.25) is 0 Å². The van der Waals surface area contributed by atoms with Crippen LogP contribution >= 0.6 is 15.9 Å². The molecule has 0 heterocycles. The van der Waals surface area contributed by atoms with Gasteiger partial charge in [-0.25, -0.2) is 8.78 Å². The van der Waals surface area contributed by atoms with Crippen molar-refractivity contribution in [2.45, 2.75) is 13.0 Å². The zero-order valence-corrected chi connectivity index (χ0v) is 11.6. The fourth-order valence-electron chi connectivity index (χ4n) is 1.53. The summed E-state index contributed by atoms with van der Waals surface area (Å²) in [5.41, 5.74) is 0.693. The van der Waals surface area contributed by atoms with Gasteiger partial charge in [0.05, 0.1) is 10.6 Å². The molecule has 0 aliphatic rings. The molecule has 0 aliphatic heterocycles. The van der Waals surface area contributed by atoms with Crippen LogP contribution in [-0.2, 0) is 0 Å². The Kier molecular flexibility index (Phi) is 4.17. The van der Waals surface area contributed by atoms with Crippen LogP contribution < -0.4 is 4.74 Å². The van der Waals surface area contributed by atoms with E-state index in [0.29, 0.717) is 15.8 Å². The number of aliphatic hydroxyl groups excluding tert-OH is 1. The predicted octanol–water partition coefficient (Wildman–Crippen LogP) is 4.57. The Morgan fingerprint density at radius 3 is 2.47 bits per heavy atom. The van der Waals surface area contributed by atoms with Crippen LogP contribution in [0.25, 0.3) is 0 Å². The van der Waals surface area contributed by atoms with Gasteiger partial charge in [-0.3, -0.25) is 0 Å². The summed E-state index contributed by atoms with van der Waals surface area (Å²) in [5.74, 6) is -1.07. The normalized spacial score (nSPS) is 12.3. The first kappa shape index (κ1) is 14.0. The van der Waals surface area contributed by atoms with Crippen LogP contribution in [0.4, 0.5) is 8.78 Å². The van der Waals surface area contributed by atoms with E-state index in [1.165, 1.54) is 0 Å². The lowest BCUT2D eigenvalue weighted by Gasteiger charge is -2.11. The fraction of sp³-hybridized carbons (Fsp3) is 0.143. The van der Waals surface area contributed by atoms with Crippen LogP contribution in [0.1, 0.15) is 18.6 Å². The van der Waals surface area contributed by atoms with Gasteiger partial charge in [0.1, 0.15) is 11.6 Å². The third-order valence-corrected chi connectivity index (χ3v) is 3.17. The molecule has 2 nitrogen and oxygen atoms in total. The summed E-state index contributed by atoms with van der Waals surface area (Å²) in [7, 11) is 0. The molecule has 0 unspecified atom stereocenters. The molecule has 2 rings (SSSR count). The molecule has 0 fully saturated rings. The van der Waals surface area contributed by atoms with Gasteiger partial charge in [0.25, 0.3) is 0 Å². The number of hydrogen-bond donors (Lipinski definition) is 1. The maximum atomic E-state index is 13.4. The van der Waals surface area contributed by atoms with Gasteiger partial charge in [-0.05, 0) is 52.7 Å². The quantitative estimate of drug-likeness (QED) is 0.894. The van der Waals surface area contributed by atoms with E-state index in [1.54, 1.807) is 25.1 Å². The Bertz CT molecular complexity index is 600. The second kappa shape index (κ2) is 5.67. The van der Waals surface area contributed by atoms with Crippen molar-refractivity contribution in [2.24, 2.45) is 0 Å². The van der Waals surface area contributed by atoms with E-state index in [-0.39, 0.29) is 5.75 Å². The predicted molar refractivity (Wildman–Crippen MR) is 71.2 cm³/mol. The summed E-state index contributed by atoms with van der Waals surface area (Å²) in [4.78, 5) is 0. The summed E-state index contributed by atoms with van der Waals surface area (Å²) < 4.78 is 32.3. The molecule has 2 aromatic carbocycles. The zero-order chi connectivity index (χ0) is 14.0. The molecule has 0 saturated carbocycles. The van der Waals surface area contributed by atoms with Gasteiger partial charge in [0.15, 0.2) is 11.6 Å². The third kappa shape index (κ3) is 3.30. The molecule has 2 aromatic rings. The lowest BCUT2D eigenvalue weighted by molar-refractivity contribution is 0.199. The highest BCUT2D eigenvalue weighted by Crippen LogP contribution is 2.33. The number of ether oxygens (including phenoxy) is 1. The molecule has 100 valence electrons. The molecule has 0 spiro atoms. The lowest BCUT2D eigenvalue weighted by atomic mass is 10.1. The van der Waals surface area contributed by atoms with Crippen LogP contribution in [0, 0.1) is 11.6 Å². The Hall–Kier alpha value is -1.46. The van der Waals surface area contributed by atoms with Gasteiger partial charge >= 0.3 is 0 Å². The number of benzene rings is 2. The maximum absolute atomic E-state index is 13.4. The molecule has 0 saturated heterocycles. The van der Waals surface area contributed by atoms with E-state index in [0.717, 1.165) is 18.2 Å². The highest BCUT2D eigenvalue weighted by molar-refractivity contribution is 9.10. The highest BCUT2D eigenvalue weighted by atomic mass is 79.9. The van der Waals surface area contributed by atoms with Crippen molar-refractivity contribution >= 4 is 15.9 Å². The van der Waals surface area contributed by atoms with Crippen molar-refractivity contribution in [3.63, 3.8) is 0 Å². The second-order valence-electron chi connectivity index (χ2n) is 4.04. The second-order valence-corrected chi connectivity index (χ2v) is 4.90. The minimum absolute atomic E-state index is 0.189. The molecule has 1 N–H and O–H groups in total. The zero-order valence-electron chi connectivity index (χ0n) is 10.0. The van der Waals surface area contributed by atoms with Crippen molar-refractivity contribution in [3.05, 3.63) is 58.1 Å². The van der Waals surface area contributed by atoms with Crippen LogP contribution in [0.3, 0.4) is 0 Å². The summed E-state index contributed by atoms with van der Waals surface area (Å²) >= 11 is 3.26. The van der Waals surface area contributed by atoms with Crippen LogP contribution in [0.5, 0.6) is 11.5 Å². The van der Waals surface area contributed by atoms with Gasteiger partial charge in [-0.2, -0.15) is 0 Å². The minimum atomic E-state index is -0.645. The van der Waals surface area contributed by atoms with E-state index >= 15 is 0 Å². The highest BCUT2D eigenvalue weighted by Gasteiger charge is 2.10. The van der Waals surface area contributed by atoms with Crippen molar-refractivity contribution in [3.8, 4) is 11.5 Å². The molecule has 0 radical (unpaired) electrons. The molecule has 1 atom stereocenters. The van der Waals surface area contributed by atoms with Gasteiger partial charge < -0.3 is 9.84 Å². The van der Waals surface area contributed by atoms with E-state index in [4.69, 9.17) is 4.74 Å². The van der Waals surface area contributed by atoms with Gasteiger partial charge in [0, 0.05) is 6.07 Å². The molecule has 19 heavy (non-hydrogen) atoms. The van der Waals surface area contributed by atoms with E-state index < -0.39 is 17.7 Å². The Morgan fingerprint density at radius 1 is 1.11 bits per heavy atom. The van der Waals surface area contributed by atoms with Gasteiger partial charge in [-0.1, -0.05) is 6.07 Å². The lowest BCUT2D eigenvalue weighted by Crippen LogP contribution is -1.94. The fourth-order valence-corrected chi connectivity index (χ4v) is 2.01. The van der Waals surface area contributed by atoms with E-state index in [9.17, 15) is 13.9 Å². The molecule has 0 amide bonds. The van der Waals surface area contributed by atoms with Gasteiger partial charge in [0.2, 0.25) is 0 Å². The summed E-state index contributed by atoms with van der Waals surface area (Å²) in [6, 6.07) is 7.90. The van der Waals surface area contributed by atoms with E-state index in [2.05, 4.69) is 15.9 Å². The summed E-state index contributed by atoms with van der Waals surface area (Å²) in [5, 5.41) is 9.44. The topological polar surface area (TPSA) is 29.5 Å². The smallest absolute Gasteiger partial charge is 0.166 e. The number of hydrogen-bond acceptors (Lipinski definition) is 2. The average molecular weight is 329 g/mol. The number of rotatable bonds is 3. The Balaban J connectivity index is 2.31. The van der Waals surface area contributed by atoms with E-state index in [1.807, 2.05) is 0 Å². The standard InChI is InChI=1S/C14H11BrF2O2/c1-8(18)9-2-5-13(11(15)6-9)19-14-7-10(16)3-4-12(14)17/h2-8,18H,1H3/t8-/m1/s1. The summed E-state index contributed by atoms with van der Waals surface area (Å²) in [6.45, 7) is 1.63. The van der Waals surface area contributed by atoms with Gasteiger partial charge in [-0.15, -0.1) is 0 Å². The van der Waals surface area contributed by atoms with Crippen LogP contribution in [-0.4, -0.2) is 5.11 Å². The number of aliphatic hydroxyl groups is 1. The molecule has 0 aromatic heterocycles. The largest absolute Gasteiger partial charge is 0.453 e. The molecular formula is C14H11BrF2O2. The molecule has 0 aliphatic carbocycles. The molecule has 0 bridgehead atoms. The first-order valence-corrected chi connectivity index (χ1v) is 6.37. The van der Waals surface area contributed by atoms with Crippen molar-refractivity contribution in [1.29, 1.82) is 0 Å². The summed E-state index contributed by atoms with van der Waals surface area (Å²) in [6.07, 6.45) is -0.615. The minimum Gasteiger partial charge on any atom is -0.453 e. The van der Waals surface area contributed by atoms with Crippen LogP contribution in [0.15, 0.2) is 40.9 Å². The monoisotopic (exact) mass is 328 g/mol. The van der Waals surface area contributed by atoms with Crippen molar-refractivity contribution < 1.29 is 18.6 Å². The third-order valence-electron chi connectivity index (χ3n) is 2.55. The first-order chi connectivity index (χ1) is 8.97. The average Bonchev–Trinajstić information content (AvgIpc) is 2.36. The first-order valence-electron chi connectivity index (χ1n) is 5.58. The molecule has 5 heteroatoms.